The van der Waals surface area contributed by atoms with Crippen LogP contribution in [0.15, 0.2) is 0 Å². The molecule has 1 heterocycles. The van der Waals surface area contributed by atoms with Crippen molar-refractivity contribution in [3.8, 4) is 0 Å². The molecule has 110 valence electrons. The molecule has 1 fully saturated rings. The summed E-state index contributed by atoms with van der Waals surface area (Å²) in [4.78, 5) is 28.8. The van der Waals surface area contributed by atoms with E-state index in [-0.39, 0.29) is 18.4 Å². The zero-order valence-corrected chi connectivity index (χ0v) is 12.1. The number of aliphatic carboxylic acids is 1. The molecule has 1 aliphatic rings. The summed E-state index contributed by atoms with van der Waals surface area (Å²) < 4.78 is 0. The Kier molecular flexibility index (Phi) is 6.24. The lowest BCUT2D eigenvalue weighted by atomic mass is 10.2. The maximum absolute atomic E-state index is 12.2. The van der Waals surface area contributed by atoms with Gasteiger partial charge < -0.3 is 14.9 Å². The zero-order chi connectivity index (χ0) is 14.4. The van der Waals surface area contributed by atoms with E-state index in [2.05, 4.69) is 11.9 Å². The number of rotatable bonds is 6. The summed E-state index contributed by atoms with van der Waals surface area (Å²) >= 11 is 0. The quantitative estimate of drug-likeness (QED) is 0.733. The number of carboxylic acid groups (broad SMARTS) is 1. The first-order valence-electron chi connectivity index (χ1n) is 6.82. The van der Waals surface area contributed by atoms with Crippen molar-refractivity contribution in [3.05, 3.63) is 0 Å². The van der Waals surface area contributed by atoms with E-state index in [1.165, 1.54) is 0 Å². The number of carbonyl (C=O) groups excluding carboxylic acids is 1. The molecular weight excluding hydrogens is 246 g/mol. The molecule has 1 aliphatic heterocycles. The highest BCUT2D eigenvalue weighted by molar-refractivity contribution is 5.78. The van der Waals surface area contributed by atoms with Crippen LogP contribution in [0.25, 0.3) is 0 Å². The number of piperazine rings is 1. The number of hydrogen-bond donors (Lipinski definition) is 1. The second-order valence-corrected chi connectivity index (χ2v) is 5.39. The fraction of sp³-hybridized carbons (Fsp3) is 0.846. The van der Waals surface area contributed by atoms with E-state index in [4.69, 9.17) is 5.11 Å². The number of hydrogen-bond acceptors (Lipinski definition) is 4. The van der Waals surface area contributed by atoms with Gasteiger partial charge in [-0.25, -0.2) is 0 Å². The van der Waals surface area contributed by atoms with Gasteiger partial charge in [0.25, 0.3) is 0 Å². The molecule has 6 heteroatoms. The van der Waals surface area contributed by atoms with E-state index in [0.29, 0.717) is 13.1 Å². The lowest BCUT2D eigenvalue weighted by Gasteiger charge is -2.34. The number of nitrogens with zero attached hydrogens (tertiary/aromatic N) is 3. The SMILES string of the molecule is CC(C)N(CCC(=O)O)CC(=O)N1CCN(C)CC1. The van der Waals surface area contributed by atoms with Crippen LogP contribution in [0.1, 0.15) is 20.3 Å². The predicted molar refractivity (Wildman–Crippen MR) is 73.0 cm³/mol. The van der Waals surface area contributed by atoms with Gasteiger partial charge in [0.2, 0.25) is 5.91 Å². The number of carbonyl (C=O) groups is 2. The third-order valence-corrected chi connectivity index (χ3v) is 3.54. The topological polar surface area (TPSA) is 64.1 Å². The maximum Gasteiger partial charge on any atom is 0.304 e. The summed E-state index contributed by atoms with van der Waals surface area (Å²) in [6.45, 7) is 8.05. The maximum atomic E-state index is 12.2. The Bertz CT molecular complexity index is 312. The van der Waals surface area contributed by atoms with Crippen LogP contribution in [-0.4, -0.2) is 84.0 Å². The fourth-order valence-corrected chi connectivity index (χ4v) is 2.09. The van der Waals surface area contributed by atoms with Crippen molar-refractivity contribution in [1.82, 2.24) is 14.7 Å². The smallest absolute Gasteiger partial charge is 0.304 e. The van der Waals surface area contributed by atoms with Gasteiger partial charge in [-0.1, -0.05) is 0 Å². The third kappa shape index (κ3) is 5.57. The Balaban J connectivity index is 2.44. The third-order valence-electron chi connectivity index (χ3n) is 3.54. The molecule has 6 nitrogen and oxygen atoms in total. The van der Waals surface area contributed by atoms with Crippen molar-refractivity contribution in [2.24, 2.45) is 0 Å². The molecule has 0 unspecified atom stereocenters. The Hall–Kier alpha value is -1.14. The number of carboxylic acids is 1. The van der Waals surface area contributed by atoms with E-state index in [0.717, 1.165) is 26.2 Å². The van der Waals surface area contributed by atoms with Crippen molar-refractivity contribution in [3.63, 3.8) is 0 Å². The van der Waals surface area contributed by atoms with E-state index < -0.39 is 5.97 Å². The molecule has 0 atom stereocenters. The monoisotopic (exact) mass is 271 g/mol. The first kappa shape index (κ1) is 15.9. The molecule has 0 aliphatic carbocycles. The minimum absolute atomic E-state index is 0.0776. The molecule has 0 aromatic carbocycles. The summed E-state index contributed by atoms with van der Waals surface area (Å²) in [5.74, 6) is -0.718. The lowest BCUT2D eigenvalue weighted by molar-refractivity contribution is -0.139. The molecule has 0 spiro atoms. The van der Waals surface area contributed by atoms with Crippen molar-refractivity contribution in [2.75, 3.05) is 46.3 Å². The fourth-order valence-electron chi connectivity index (χ4n) is 2.09. The molecular formula is C13H25N3O3. The summed E-state index contributed by atoms with van der Waals surface area (Å²) in [6, 6.07) is 0.177. The highest BCUT2D eigenvalue weighted by Gasteiger charge is 2.22. The Morgan fingerprint density at radius 3 is 2.26 bits per heavy atom. The van der Waals surface area contributed by atoms with Crippen molar-refractivity contribution >= 4 is 11.9 Å². The molecule has 0 radical (unpaired) electrons. The van der Waals surface area contributed by atoms with Crippen molar-refractivity contribution < 1.29 is 14.7 Å². The largest absolute Gasteiger partial charge is 0.481 e. The second-order valence-electron chi connectivity index (χ2n) is 5.39. The van der Waals surface area contributed by atoms with Gasteiger partial charge in [-0.2, -0.15) is 0 Å². The van der Waals surface area contributed by atoms with Crippen LogP contribution >= 0.6 is 0 Å². The van der Waals surface area contributed by atoms with Crippen LogP contribution in [0.2, 0.25) is 0 Å². The van der Waals surface area contributed by atoms with Gasteiger partial charge >= 0.3 is 5.97 Å². The normalized spacial score (nSPS) is 17.2. The van der Waals surface area contributed by atoms with E-state index in [1.54, 1.807) is 0 Å². The summed E-state index contributed by atoms with van der Waals surface area (Å²) in [7, 11) is 2.05. The second kappa shape index (κ2) is 7.45. The van der Waals surface area contributed by atoms with Gasteiger partial charge in [-0.15, -0.1) is 0 Å². The van der Waals surface area contributed by atoms with Gasteiger partial charge in [0.15, 0.2) is 0 Å². The summed E-state index contributed by atoms with van der Waals surface area (Å²) in [5.41, 5.74) is 0. The van der Waals surface area contributed by atoms with Gasteiger partial charge in [-0.3, -0.25) is 14.5 Å². The lowest BCUT2D eigenvalue weighted by Crippen LogP contribution is -2.51. The first-order valence-corrected chi connectivity index (χ1v) is 6.82. The molecule has 19 heavy (non-hydrogen) atoms. The minimum Gasteiger partial charge on any atom is -0.481 e. The van der Waals surface area contributed by atoms with Crippen LogP contribution in [0, 0.1) is 0 Å². The predicted octanol–water partition coefficient (Wildman–Crippen LogP) is -0.0545. The molecule has 1 amide bonds. The Labute approximate surface area is 115 Å². The van der Waals surface area contributed by atoms with Crippen LogP contribution in [0.5, 0.6) is 0 Å². The highest BCUT2D eigenvalue weighted by Crippen LogP contribution is 2.05. The molecule has 0 saturated carbocycles. The van der Waals surface area contributed by atoms with Crippen LogP contribution < -0.4 is 0 Å². The highest BCUT2D eigenvalue weighted by atomic mass is 16.4. The van der Waals surface area contributed by atoms with E-state index in [1.807, 2.05) is 23.6 Å². The molecule has 1 saturated heterocycles. The van der Waals surface area contributed by atoms with Gasteiger partial charge in [-0.05, 0) is 20.9 Å². The van der Waals surface area contributed by atoms with Gasteiger partial charge in [0.1, 0.15) is 0 Å². The standard InChI is InChI=1S/C13H25N3O3/c1-11(2)16(5-4-13(18)19)10-12(17)15-8-6-14(3)7-9-15/h11H,4-10H2,1-3H3,(H,18,19). The first-order chi connectivity index (χ1) is 8.90. The van der Waals surface area contributed by atoms with Crippen molar-refractivity contribution in [1.29, 1.82) is 0 Å². The molecule has 0 aromatic heterocycles. The Morgan fingerprint density at radius 2 is 1.79 bits per heavy atom. The number of amides is 1. The summed E-state index contributed by atoms with van der Waals surface area (Å²) in [6.07, 6.45) is 0.0776. The average molecular weight is 271 g/mol. The molecule has 0 bridgehead atoms. The van der Waals surface area contributed by atoms with E-state index >= 15 is 0 Å². The molecule has 1 rings (SSSR count). The minimum atomic E-state index is -0.822. The average Bonchev–Trinajstić information content (AvgIpc) is 2.34. The summed E-state index contributed by atoms with van der Waals surface area (Å²) in [5, 5.41) is 8.73. The number of likely N-dealkylation sites (N-methyl/N-ethyl adjacent to an activating group) is 1. The molecule has 0 aromatic rings. The zero-order valence-electron chi connectivity index (χ0n) is 12.1. The molecule has 1 N–H and O–H groups in total. The van der Waals surface area contributed by atoms with Gasteiger partial charge in [0, 0.05) is 38.8 Å². The van der Waals surface area contributed by atoms with Crippen LogP contribution in [-0.2, 0) is 9.59 Å². The van der Waals surface area contributed by atoms with Crippen molar-refractivity contribution in [2.45, 2.75) is 26.3 Å². The van der Waals surface area contributed by atoms with E-state index in [9.17, 15) is 9.59 Å². The van der Waals surface area contributed by atoms with Crippen LogP contribution in [0.3, 0.4) is 0 Å². The van der Waals surface area contributed by atoms with Crippen LogP contribution in [0.4, 0.5) is 0 Å². The van der Waals surface area contributed by atoms with Gasteiger partial charge in [0.05, 0.1) is 13.0 Å². The Morgan fingerprint density at radius 1 is 1.21 bits per heavy atom.